The minimum Gasteiger partial charge on any atom is -0.464 e. The fraction of sp³-hybridized carbons (Fsp3) is 0.357. The Hall–Kier alpha value is -1.61. The van der Waals surface area contributed by atoms with Gasteiger partial charge in [-0.2, -0.15) is 0 Å². The van der Waals surface area contributed by atoms with Gasteiger partial charge >= 0.3 is 5.97 Å². The average molecular weight is 234 g/mol. The molecule has 92 valence electrons. The third-order valence-electron chi connectivity index (χ3n) is 2.28. The summed E-state index contributed by atoms with van der Waals surface area (Å²) in [5.74, 6) is -0.541. The number of carbonyl (C=O) groups excluding carboxylic acids is 1. The van der Waals surface area contributed by atoms with Crippen LogP contribution >= 0.6 is 0 Å². The number of aliphatic hydroxyl groups excluding tert-OH is 1. The van der Waals surface area contributed by atoms with Gasteiger partial charge in [-0.3, -0.25) is 0 Å². The number of ether oxygens (including phenoxy) is 1. The van der Waals surface area contributed by atoms with Gasteiger partial charge in [0.2, 0.25) is 0 Å². The van der Waals surface area contributed by atoms with E-state index in [1.807, 2.05) is 42.5 Å². The smallest absolute Gasteiger partial charge is 0.334 e. The number of hydrogen-bond donors (Lipinski definition) is 1. The van der Waals surface area contributed by atoms with Crippen LogP contribution in [0, 0.1) is 0 Å². The highest BCUT2D eigenvalue weighted by molar-refractivity contribution is 5.74. The second-order valence-electron chi connectivity index (χ2n) is 3.66. The third kappa shape index (κ3) is 5.31. The largest absolute Gasteiger partial charge is 0.464 e. The Bertz CT molecular complexity index is 357. The second kappa shape index (κ2) is 7.63. The first kappa shape index (κ1) is 13.5. The monoisotopic (exact) mass is 234 g/mol. The molecular weight excluding hydrogens is 216 g/mol. The summed E-state index contributed by atoms with van der Waals surface area (Å²) in [4.78, 5) is 11.1. The van der Waals surface area contributed by atoms with Crippen molar-refractivity contribution in [3.63, 3.8) is 0 Å². The van der Waals surface area contributed by atoms with Crippen molar-refractivity contribution in [2.24, 2.45) is 0 Å². The van der Waals surface area contributed by atoms with Crippen LogP contribution in [0.3, 0.4) is 0 Å². The van der Waals surface area contributed by atoms with E-state index in [0.717, 1.165) is 5.56 Å². The standard InChI is InChI=1S/C14H18O3/c1-2-17-14(16)13(15)11-7-6-10-12-8-4-3-5-9-12/h3-6,8-10,13,15H,2,7,11H2,1H3. The fourth-order valence-corrected chi connectivity index (χ4v) is 1.39. The van der Waals surface area contributed by atoms with Gasteiger partial charge in [-0.05, 0) is 25.3 Å². The van der Waals surface area contributed by atoms with E-state index in [0.29, 0.717) is 19.4 Å². The van der Waals surface area contributed by atoms with Gasteiger partial charge in [0, 0.05) is 0 Å². The molecular formula is C14H18O3. The molecule has 0 radical (unpaired) electrons. The first-order valence-electron chi connectivity index (χ1n) is 5.80. The third-order valence-corrected chi connectivity index (χ3v) is 2.28. The number of aliphatic hydroxyl groups is 1. The lowest BCUT2D eigenvalue weighted by Gasteiger charge is -2.07. The van der Waals surface area contributed by atoms with Gasteiger partial charge in [0.15, 0.2) is 6.10 Å². The molecule has 1 aromatic rings. The molecule has 1 unspecified atom stereocenters. The number of esters is 1. The summed E-state index contributed by atoms with van der Waals surface area (Å²) in [6, 6.07) is 9.89. The van der Waals surface area contributed by atoms with E-state index in [1.165, 1.54) is 0 Å². The van der Waals surface area contributed by atoms with Crippen molar-refractivity contribution in [2.45, 2.75) is 25.9 Å². The highest BCUT2D eigenvalue weighted by Gasteiger charge is 2.14. The highest BCUT2D eigenvalue weighted by Crippen LogP contribution is 2.05. The molecule has 1 rings (SSSR count). The molecule has 0 saturated carbocycles. The van der Waals surface area contributed by atoms with Crippen molar-refractivity contribution in [1.29, 1.82) is 0 Å². The van der Waals surface area contributed by atoms with Gasteiger partial charge in [-0.25, -0.2) is 4.79 Å². The Morgan fingerprint density at radius 3 is 2.76 bits per heavy atom. The number of rotatable bonds is 6. The predicted octanol–water partition coefficient (Wildman–Crippen LogP) is 2.40. The van der Waals surface area contributed by atoms with Gasteiger partial charge in [-0.15, -0.1) is 0 Å². The van der Waals surface area contributed by atoms with Crippen molar-refractivity contribution in [3.05, 3.63) is 42.0 Å². The van der Waals surface area contributed by atoms with Crippen LogP contribution in [0.25, 0.3) is 6.08 Å². The average Bonchev–Trinajstić information content (AvgIpc) is 2.36. The maximum Gasteiger partial charge on any atom is 0.334 e. The van der Waals surface area contributed by atoms with Crippen molar-refractivity contribution < 1.29 is 14.6 Å². The Labute approximate surface area is 102 Å². The molecule has 3 heteroatoms. The molecule has 0 amide bonds. The predicted molar refractivity (Wildman–Crippen MR) is 67.3 cm³/mol. The lowest BCUT2D eigenvalue weighted by molar-refractivity contribution is -0.153. The van der Waals surface area contributed by atoms with Gasteiger partial charge in [0.05, 0.1) is 6.61 Å². The van der Waals surface area contributed by atoms with Crippen molar-refractivity contribution >= 4 is 12.0 Å². The van der Waals surface area contributed by atoms with Crippen LogP contribution in [0.1, 0.15) is 25.3 Å². The van der Waals surface area contributed by atoms with E-state index in [1.54, 1.807) is 6.92 Å². The van der Waals surface area contributed by atoms with Crippen molar-refractivity contribution in [3.8, 4) is 0 Å². The van der Waals surface area contributed by atoms with Crippen LogP contribution in [0.5, 0.6) is 0 Å². The van der Waals surface area contributed by atoms with Gasteiger partial charge in [0.1, 0.15) is 0 Å². The first-order chi connectivity index (χ1) is 8.24. The Morgan fingerprint density at radius 2 is 2.12 bits per heavy atom. The van der Waals surface area contributed by atoms with E-state index in [2.05, 4.69) is 0 Å². The summed E-state index contributed by atoms with van der Waals surface area (Å²) >= 11 is 0. The summed E-state index contributed by atoms with van der Waals surface area (Å²) in [6.07, 6.45) is 3.93. The Morgan fingerprint density at radius 1 is 1.41 bits per heavy atom. The number of benzene rings is 1. The van der Waals surface area contributed by atoms with Gasteiger partial charge < -0.3 is 9.84 Å². The summed E-state index contributed by atoms with van der Waals surface area (Å²) in [5.41, 5.74) is 1.11. The molecule has 0 saturated heterocycles. The topological polar surface area (TPSA) is 46.5 Å². The molecule has 0 aromatic heterocycles. The summed E-state index contributed by atoms with van der Waals surface area (Å²) in [6.45, 7) is 2.02. The van der Waals surface area contributed by atoms with Gasteiger partial charge in [0.25, 0.3) is 0 Å². The maximum atomic E-state index is 11.1. The van der Waals surface area contributed by atoms with Crippen LogP contribution in [0.2, 0.25) is 0 Å². The Kier molecular flexibility index (Phi) is 6.04. The number of carbonyl (C=O) groups is 1. The molecule has 0 fully saturated rings. The molecule has 0 heterocycles. The van der Waals surface area contributed by atoms with E-state index >= 15 is 0 Å². The van der Waals surface area contributed by atoms with Gasteiger partial charge in [-0.1, -0.05) is 42.5 Å². The molecule has 0 bridgehead atoms. The molecule has 0 spiro atoms. The zero-order valence-corrected chi connectivity index (χ0v) is 10.0. The lowest BCUT2D eigenvalue weighted by Crippen LogP contribution is -2.22. The zero-order valence-electron chi connectivity index (χ0n) is 10.0. The van der Waals surface area contributed by atoms with E-state index < -0.39 is 12.1 Å². The fourth-order valence-electron chi connectivity index (χ4n) is 1.39. The SMILES string of the molecule is CCOC(=O)C(O)CCC=Cc1ccccc1. The molecule has 1 aromatic carbocycles. The zero-order chi connectivity index (χ0) is 12.5. The summed E-state index contributed by atoms with van der Waals surface area (Å²) in [5, 5.41) is 9.44. The van der Waals surface area contributed by atoms with Crippen LogP contribution in [0.4, 0.5) is 0 Å². The number of hydrogen-bond acceptors (Lipinski definition) is 3. The lowest BCUT2D eigenvalue weighted by atomic mass is 10.1. The van der Waals surface area contributed by atoms with E-state index in [4.69, 9.17) is 4.74 Å². The van der Waals surface area contributed by atoms with E-state index in [9.17, 15) is 9.90 Å². The van der Waals surface area contributed by atoms with Crippen molar-refractivity contribution in [1.82, 2.24) is 0 Å². The molecule has 1 N–H and O–H groups in total. The maximum absolute atomic E-state index is 11.1. The second-order valence-corrected chi connectivity index (χ2v) is 3.66. The van der Waals surface area contributed by atoms with Crippen LogP contribution in [0.15, 0.2) is 36.4 Å². The van der Waals surface area contributed by atoms with Crippen LogP contribution in [-0.2, 0) is 9.53 Å². The molecule has 0 aliphatic rings. The van der Waals surface area contributed by atoms with E-state index in [-0.39, 0.29) is 0 Å². The molecule has 17 heavy (non-hydrogen) atoms. The summed E-state index contributed by atoms with van der Waals surface area (Å²) < 4.78 is 4.71. The van der Waals surface area contributed by atoms with Crippen LogP contribution < -0.4 is 0 Å². The minimum absolute atomic E-state index is 0.301. The minimum atomic E-state index is -1.02. The number of allylic oxidation sites excluding steroid dienone is 1. The highest BCUT2D eigenvalue weighted by atomic mass is 16.5. The normalized spacial score (nSPS) is 12.6. The van der Waals surface area contributed by atoms with Crippen molar-refractivity contribution in [2.75, 3.05) is 6.61 Å². The molecule has 3 nitrogen and oxygen atoms in total. The van der Waals surface area contributed by atoms with Crippen LogP contribution in [-0.4, -0.2) is 23.8 Å². The summed E-state index contributed by atoms with van der Waals surface area (Å²) in [7, 11) is 0. The molecule has 0 aliphatic heterocycles. The molecule has 1 atom stereocenters. The first-order valence-corrected chi connectivity index (χ1v) is 5.80. The Balaban J connectivity index is 2.28. The quantitative estimate of drug-likeness (QED) is 0.769. The molecule has 0 aliphatic carbocycles.